The molecule has 208 valence electrons. The van der Waals surface area contributed by atoms with Gasteiger partial charge in [-0.15, -0.1) is 0 Å². The second-order valence-corrected chi connectivity index (χ2v) is 11.0. The maximum absolute atomic E-state index is 14.3. The number of carbonyl (C=O) groups is 3. The van der Waals surface area contributed by atoms with E-state index in [0.717, 1.165) is 11.1 Å². The molecule has 2 aromatic carbocycles. The van der Waals surface area contributed by atoms with Crippen molar-refractivity contribution in [3.63, 3.8) is 0 Å². The molecule has 1 spiro atoms. The van der Waals surface area contributed by atoms with Gasteiger partial charge in [0.2, 0.25) is 17.7 Å². The summed E-state index contributed by atoms with van der Waals surface area (Å²) in [6.07, 6.45) is 8.11. The Morgan fingerprint density at radius 3 is 2.08 bits per heavy atom. The van der Waals surface area contributed by atoms with E-state index in [1.165, 1.54) is 0 Å². The van der Waals surface area contributed by atoms with E-state index in [0.29, 0.717) is 45.6 Å². The first-order chi connectivity index (χ1) is 19.5. The van der Waals surface area contributed by atoms with Gasteiger partial charge in [-0.1, -0.05) is 85.0 Å². The van der Waals surface area contributed by atoms with Crippen LogP contribution in [0.5, 0.6) is 0 Å². The van der Waals surface area contributed by atoms with E-state index in [4.69, 9.17) is 4.74 Å². The SMILES string of the molecule is O=C1C2N(CCCCO)C(=O)[C@@H]3[C@@H]4C(=O)N(Cc5ccccc5)CC=C[C@@H]4O[C@]23C=CCN1Cc1ccccc1. The van der Waals surface area contributed by atoms with E-state index >= 15 is 0 Å². The lowest BCUT2D eigenvalue weighted by atomic mass is 9.77. The number of likely N-dealkylation sites (tertiary alicyclic amines) is 1. The van der Waals surface area contributed by atoms with Gasteiger partial charge in [0, 0.05) is 39.3 Å². The summed E-state index contributed by atoms with van der Waals surface area (Å²) in [5, 5.41) is 9.40. The minimum atomic E-state index is -1.23. The van der Waals surface area contributed by atoms with Crippen LogP contribution < -0.4 is 0 Å². The van der Waals surface area contributed by atoms with E-state index in [-0.39, 0.29) is 24.3 Å². The summed E-state index contributed by atoms with van der Waals surface area (Å²) in [7, 11) is 0. The Morgan fingerprint density at radius 1 is 0.800 bits per heavy atom. The van der Waals surface area contributed by atoms with Crippen molar-refractivity contribution in [1.82, 2.24) is 14.7 Å². The number of ether oxygens (including phenoxy) is 1. The lowest BCUT2D eigenvalue weighted by molar-refractivity contribution is -0.148. The normalized spacial score (nSPS) is 29.3. The van der Waals surface area contributed by atoms with E-state index in [9.17, 15) is 19.5 Å². The number of fused-ring (bicyclic) bond motifs is 2. The van der Waals surface area contributed by atoms with E-state index < -0.39 is 29.6 Å². The molecule has 0 aliphatic carbocycles. The number of rotatable bonds is 8. The van der Waals surface area contributed by atoms with Crippen molar-refractivity contribution in [2.45, 2.75) is 43.7 Å². The van der Waals surface area contributed by atoms with Crippen molar-refractivity contribution in [3.05, 3.63) is 96.1 Å². The van der Waals surface area contributed by atoms with Crippen LogP contribution in [0.4, 0.5) is 0 Å². The number of carbonyl (C=O) groups excluding carboxylic acids is 3. The Hall–Kier alpha value is -3.75. The number of aliphatic hydroxyl groups is 1. The molecule has 2 saturated heterocycles. The first kappa shape index (κ1) is 26.5. The van der Waals surface area contributed by atoms with Crippen molar-refractivity contribution in [2.75, 3.05) is 26.2 Å². The monoisotopic (exact) mass is 541 g/mol. The minimum Gasteiger partial charge on any atom is -0.396 e. The zero-order valence-corrected chi connectivity index (χ0v) is 22.5. The van der Waals surface area contributed by atoms with Crippen LogP contribution in [-0.2, 0) is 32.2 Å². The highest BCUT2D eigenvalue weighted by molar-refractivity contribution is 5.99. The number of hydrogen-bond acceptors (Lipinski definition) is 5. The number of nitrogens with zero attached hydrogens (tertiary/aromatic N) is 3. The van der Waals surface area contributed by atoms with Crippen molar-refractivity contribution in [3.8, 4) is 0 Å². The van der Waals surface area contributed by atoms with Crippen LogP contribution in [0.2, 0.25) is 0 Å². The number of unbranched alkanes of at least 4 members (excludes halogenated alkanes) is 1. The highest BCUT2D eigenvalue weighted by atomic mass is 16.5. The Balaban J connectivity index is 1.35. The zero-order valence-electron chi connectivity index (χ0n) is 22.5. The minimum absolute atomic E-state index is 0.00811. The molecular formula is C32H35N3O5. The molecule has 1 N–H and O–H groups in total. The van der Waals surface area contributed by atoms with Crippen molar-refractivity contribution < 1.29 is 24.2 Å². The van der Waals surface area contributed by atoms with Gasteiger partial charge in [-0.2, -0.15) is 0 Å². The zero-order chi connectivity index (χ0) is 27.7. The molecule has 4 heterocycles. The molecule has 40 heavy (non-hydrogen) atoms. The Morgan fingerprint density at radius 2 is 1.43 bits per heavy atom. The molecule has 0 aromatic heterocycles. The maximum Gasteiger partial charge on any atom is 0.249 e. The average molecular weight is 542 g/mol. The molecule has 0 radical (unpaired) electrons. The molecular weight excluding hydrogens is 506 g/mol. The fraction of sp³-hybridized carbons (Fsp3) is 0.406. The molecule has 2 aromatic rings. The lowest BCUT2D eigenvalue weighted by Gasteiger charge is -2.35. The first-order valence-corrected chi connectivity index (χ1v) is 14.1. The Labute approximate surface area is 234 Å². The van der Waals surface area contributed by atoms with Gasteiger partial charge in [0.25, 0.3) is 0 Å². The molecule has 2 fully saturated rings. The fourth-order valence-electron chi connectivity index (χ4n) is 6.76. The highest BCUT2D eigenvalue weighted by Crippen LogP contribution is 2.53. The van der Waals surface area contributed by atoms with Crippen LogP contribution in [0.15, 0.2) is 85.0 Å². The smallest absolute Gasteiger partial charge is 0.249 e. The number of hydrogen-bond donors (Lipinski definition) is 1. The molecule has 4 aliphatic rings. The van der Waals surface area contributed by atoms with Gasteiger partial charge in [0.05, 0.1) is 17.9 Å². The Kier molecular flexibility index (Phi) is 7.29. The molecule has 4 aliphatic heterocycles. The standard InChI is InChI=1S/C32H35N3O5/c36-20-8-7-19-35-28-31(39)34(22-24-13-5-2-6-14-24)18-10-16-32(28)27(30(35)38)26-25(40-32)15-9-17-33(29(26)37)21-23-11-3-1-4-12-23/h1-6,9-16,25-28,36H,7-8,17-22H2/t25-,26+,27-,28?,32-/m0/s1. The van der Waals surface area contributed by atoms with Crippen LogP contribution in [0.1, 0.15) is 24.0 Å². The van der Waals surface area contributed by atoms with Crippen LogP contribution in [0, 0.1) is 11.8 Å². The lowest BCUT2D eigenvalue weighted by Crippen LogP contribution is -2.55. The third kappa shape index (κ3) is 4.55. The average Bonchev–Trinajstić information content (AvgIpc) is 3.29. The molecule has 6 rings (SSSR count). The summed E-state index contributed by atoms with van der Waals surface area (Å²) in [5.41, 5.74) is 0.780. The molecule has 1 unspecified atom stereocenters. The van der Waals surface area contributed by atoms with Crippen LogP contribution in [0.25, 0.3) is 0 Å². The topological polar surface area (TPSA) is 90.4 Å². The largest absolute Gasteiger partial charge is 0.396 e. The van der Waals surface area contributed by atoms with E-state index in [1.54, 1.807) is 14.7 Å². The second kappa shape index (κ2) is 11.0. The van der Waals surface area contributed by atoms with Crippen LogP contribution in [0.3, 0.4) is 0 Å². The second-order valence-electron chi connectivity index (χ2n) is 11.0. The fourth-order valence-corrected chi connectivity index (χ4v) is 6.76. The molecule has 0 bridgehead atoms. The van der Waals surface area contributed by atoms with Gasteiger partial charge in [-0.05, 0) is 24.0 Å². The summed E-state index contributed by atoms with van der Waals surface area (Å²) < 4.78 is 6.71. The van der Waals surface area contributed by atoms with Gasteiger partial charge in [-0.3, -0.25) is 14.4 Å². The summed E-state index contributed by atoms with van der Waals surface area (Å²) >= 11 is 0. The molecule has 8 heteroatoms. The number of aliphatic hydroxyl groups excluding tert-OH is 1. The van der Waals surface area contributed by atoms with Crippen LogP contribution >= 0.6 is 0 Å². The quantitative estimate of drug-likeness (QED) is 0.410. The third-order valence-corrected chi connectivity index (χ3v) is 8.57. The summed E-state index contributed by atoms with van der Waals surface area (Å²) in [4.78, 5) is 47.8. The van der Waals surface area contributed by atoms with Gasteiger partial charge < -0.3 is 24.5 Å². The van der Waals surface area contributed by atoms with Gasteiger partial charge in [0.1, 0.15) is 11.6 Å². The third-order valence-electron chi connectivity index (χ3n) is 8.57. The van der Waals surface area contributed by atoms with E-state index in [2.05, 4.69) is 0 Å². The van der Waals surface area contributed by atoms with E-state index in [1.807, 2.05) is 85.0 Å². The summed E-state index contributed by atoms with van der Waals surface area (Å²) in [5.74, 6) is -2.06. The predicted octanol–water partition coefficient (Wildman–Crippen LogP) is 2.54. The van der Waals surface area contributed by atoms with Crippen LogP contribution in [-0.4, -0.2) is 81.5 Å². The van der Waals surface area contributed by atoms with Gasteiger partial charge in [0.15, 0.2) is 0 Å². The maximum atomic E-state index is 14.3. The molecule has 5 atom stereocenters. The highest BCUT2D eigenvalue weighted by Gasteiger charge is 2.71. The summed E-state index contributed by atoms with van der Waals surface area (Å²) in [6.45, 7) is 2.00. The predicted molar refractivity (Wildman–Crippen MR) is 148 cm³/mol. The summed E-state index contributed by atoms with van der Waals surface area (Å²) in [6, 6.07) is 18.7. The molecule has 8 nitrogen and oxygen atoms in total. The van der Waals surface area contributed by atoms with Crippen molar-refractivity contribution in [1.29, 1.82) is 0 Å². The Bertz CT molecular complexity index is 1310. The van der Waals surface area contributed by atoms with Gasteiger partial charge in [-0.25, -0.2) is 0 Å². The molecule has 0 saturated carbocycles. The first-order valence-electron chi connectivity index (χ1n) is 14.1. The number of benzene rings is 2. The van der Waals surface area contributed by atoms with Gasteiger partial charge >= 0.3 is 0 Å². The van der Waals surface area contributed by atoms with Crippen molar-refractivity contribution in [2.24, 2.45) is 11.8 Å². The molecule has 3 amide bonds. The number of amides is 3. The van der Waals surface area contributed by atoms with Crippen molar-refractivity contribution >= 4 is 17.7 Å².